The molecule has 2 aromatic rings. The van der Waals surface area contributed by atoms with Crippen molar-refractivity contribution in [2.75, 3.05) is 5.73 Å². The van der Waals surface area contributed by atoms with Crippen LogP contribution in [0.25, 0.3) is 11.4 Å². The first kappa shape index (κ1) is 10.3. The summed E-state index contributed by atoms with van der Waals surface area (Å²) < 4.78 is 2.02. The molecule has 0 unspecified atom stereocenters. The van der Waals surface area contributed by atoms with Crippen molar-refractivity contribution in [3.8, 4) is 11.4 Å². The molecule has 0 aliphatic carbocycles. The second-order valence-corrected chi connectivity index (χ2v) is 4.60. The summed E-state index contributed by atoms with van der Waals surface area (Å²) in [6.07, 6.45) is 3.45. The van der Waals surface area contributed by atoms with Crippen LogP contribution < -0.4 is 5.73 Å². The number of hydrogen-bond acceptors (Lipinski definition) is 3. The van der Waals surface area contributed by atoms with Crippen LogP contribution in [0.4, 0.5) is 5.69 Å². The van der Waals surface area contributed by atoms with E-state index in [0.717, 1.165) is 41.4 Å². The number of benzene rings is 1. The van der Waals surface area contributed by atoms with Gasteiger partial charge < -0.3 is 5.73 Å². The van der Waals surface area contributed by atoms with Crippen molar-refractivity contribution >= 4 is 5.69 Å². The Hall–Kier alpha value is -1.84. The van der Waals surface area contributed by atoms with Crippen LogP contribution in [0.15, 0.2) is 18.2 Å². The van der Waals surface area contributed by atoms with Gasteiger partial charge in [0, 0.05) is 24.2 Å². The normalized spacial score (nSPS) is 14.6. The predicted molar refractivity (Wildman–Crippen MR) is 67.5 cm³/mol. The third-order valence-electron chi connectivity index (χ3n) is 3.31. The molecule has 17 heavy (non-hydrogen) atoms. The van der Waals surface area contributed by atoms with Gasteiger partial charge in [-0.1, -0.05) is 12.1 Å². The van der Waals surface area contributed by atoms with E-state index in [2.05, 4.69) is 10.1 Å². The maximum Gasteiger partial charge on any atom is 0.181 e. The maximum atomic E-state index is 5.92. The van der Waals surface area contributed by atoms with Gasteiger partial charge in [-0.2, -0.15) is 5.10 Å². The topological polar surface area (TPSA) is 56.7 Å². The van der Waals surface area contributed by atoms with E-state index in [1.165, 1.54) is 12.8 Å². The minimum atomic E-state index is 0.800. The van der Waals surface area contributed by atoms with Gasteiger partial charge in [0.25, 0.3) is 0 Å². The Balaban J connectivity index is 2.03. The van der Waals surface area contributed by atoms with E-state index in [-0.39, 0.29) is 0 Å². The molecule has 3 rings (SSSR count). The van der Waals surface area contributed by atoms with E-state index in [1.807, 2.05) is 29.8 Å². The largest absolute Gasteiger partial charge is 0.398 e. The quantitative estimate of drug-likeness (QED) is 0.761. The van der Waals surface area contributed by atoms with Crippen molar-refractivity contribution in [1.82, 2.24) is 14.8 Å². The van der Waals surface area contributed by atoms with E-state index < -0.39 is 0 Å². The van der Waals surface area contributed by atoms with E-state index >= 15 is 0 Å². The van der Waals surface area contributed by atoms with Gasteiger partial charge in [0.05, 0.1) is 0 Å². The van der Waals surface area contributed by atoms with Gasteiger partial charge >= 0.3 is 0 Å². The lowest BCUT2D eigenvalue weighted by Gasteiger charge is -2.09. The van der Waals surface area contributed by atoms with Crippen molar-refractivity contribution in [2.45, 2.75) is 32.7 Å². The third kappa shape index (κ3) is 1.79. The molecule has 0 amide bonds. The summed E-state index contributed by atoms with van der Waals surface area (Å²) in [6.45, 7) is 2.99. The predicted octanol–water partition coefficient (Wildman–Crippen LogP) is 2.17. The standard InChI is InChI=1S/C13H16N4/c1-9-5-6-10(8-11(9)14)13-15-12-4-2-3-7-17(12)16-13/h5-6,8H,2-4,7,14H2,1H3. The van der Waals surface area contributed by atoms with E-state index in [0.29, 0.717) is 0 Å². The molecule has 4 heteroatoms. The first-order valence-corrected chi connectivity index (χ1v) is 6.04. The Morgan fingerprint density at radius 1 is 1.29 bits per heavy atom. The fraction of sp³-hybridized carbons (Fsp3) is 0.385. The van der Waals surface area contributed by atoms with Gasteiger partial charge in [-0.05, 0) is 31.4 Å². The molecule has 0 bridgehead atoms. The molecular formula is C13H16N4. The number of anilines is 1. The van der Waals surface area contributed by atoms with Gasteiger partial charge in [-0.15, -0.1) is 0 Å². The summed E-state index contributed by atoms with van der Waals surface area (Å²) >= 11 is 0. The molecule has 2 N–H and O–H groups in total. The number of nitrogens with zero attached hydrogens (tertiary/aromatic N) is 3. The average Bonchev–Trinajstić information content (AvgIpc) is 2.76. The Morgan fingerprint density at radius 2 is 2.18 bits per heavy atom. The van der Waals surface area contributed by atoms with Gasteiger partial charge in [-0.25, -0.2) is 9.67 Å². The van der Waals surface area contributed by atoms with Crippen LogP contribution >= 0.6 is 0 Å². The lowest BCUT2D eigenvalue weighted by molar-refractivity contribution is 0.480. The highest BCUT2D eigenvalue weighted by Gasteiger charge is 2.14. The second-order valence-electron chi connectivity index (χ2n) is 4.60. The lowest BCUT2D eigenvalue weighted by atomic mass is 10.1. The zero-order valence-corrected chi connectivity index (χ0v) is 9.98. The fourth-order valence-corrected chi connectivity index (χ4v) is 2.18. The number of nitrogen functional groups attached to an aromatic ring is 1. The zero-order chi connectivity index (χ0) is 11.8. The molecule has 0 saturated carbocycles. The average molecular weight is 228 g/mol. The summed E-state index contributed by atoms with van der Waals surface area (Å²) in [7, 11) is 0. The van der Waals surface area contributed by atoms with E-state index in [9.17, 15) is 0 Å². The third-order valence-corrected chi connectivity index (χ3v) is 3.31. The molecule has 0 saturated heterocycles. The molecular weight excluding hydrogens is 212 g/mol. The van der Waals surface area contributed by atoms with Gasteiger partial charge in [-0.3, -0.25) is 0 Å². The summed E-state index contributed by atoms with van der Waals surface area (Å²) in [5, 5.41) is 4.54. The highest BCUT2D eigenvalue weighted by atomic mass is 15.3. The monoisotopic (exact) mass is 228 g/mol. The van der Waals surface area contributed by atoms with E-state index in [1.54, 1.807) is 0 Å². The van der Waals surface area contributed by atoms with Crippen LogP contribution in [0.3, 0.4) is 0 Å². The summed E-state index contributed by atoms with van der Waals surface area (Å²) in [4.78, 5) is 4.59. The van der Waals surface area contributed by atoms with Crippen molar-refractivity contribution in [1.29, 1.82) is 0 Å². The summed E-state index contributed by atoms with van der Waals surface area (Å²) in [5.74, 6) is 1.90. The highest BCUT2D eigenvalue weighted by molar-refractivity contribution is 5.63. The van der Waals surface area contributed by atoms with Crippen LogP contribution in [0.2, 0.25) is 0 Å². The highest BCUT2D eigenvalue weighted by Crippen LogP contribution is 2.23. The molecule has 88 valence electrons. The number of fused-ring (bicyclic) bond motifs is 1. The minimum Gasteiger partial charge on any atom is -0.398 e. The molecule has 0 spiro atoms. The van der Waals surface area contributed by atoms with Gasteiger partial charge in [0.15, 0.2) is 5.82 Å². The SMILES string of the molecule is Cc1ccc(-c2nc3n(n2)CCCC3)cc1N. The van der Waals surface area contributed by atoms with Crippen LogP contribution in [0.5, 0.6) is 0 Å². The molecule has 1 aliphatic heterocycles. The number of hydrogen-bond donors (Lipinski definition) is 1. The fourth-order valence-electron chi connectivity index (χ4n) is 2.18. The van der Waals surface area contributed by atoms with Crippen molar-refractivity contribution in [3.05, 3.63) is 29.6 Å². The van der Waals surface area contributed by atoms with Crippen LogP contribution in [-0.4, -0.2) is 14.8 Å². The van der Waals surface area contributed by atoms with E-state index in [4.69, 9.17) is 5.73 Å². The smallest absolute Gasteiger partial charge is 0.181 e. The molecule has 0 fully saturated rings. The molecule has 1 aromatic heterocycles. The molecule has 1 aliphatic rings. The van der Waals surface area contributed by atoms with Crippen LogP contribution in [-0.2, 0) is 13.0 Å². The molecule has 4 nitrogen and oxygen atoms in total. The zero-order valence-electron chi connectivity index (χ0n) is 9.98. The minimum absolute atomic E-state index is 0.800. The Bertz CT molecular complexity index is 533. The number of aryl methyl sites for hydroxylation is 3. The van der Waals surface area contributed by atoms with Crippen LogP contribution in [0, 0.1) is 6.92 Å². The maximum absolute atomic E-state index is 5.92. The van der Waals surface area contributed by atoms with Gasteiger partial charge in [0.2, 0.25) is 0 Å². The summed E-state index contributed by atoms with van der Waals surface area (Å²) in [6, 6.07) is 6.01. The van der Waals surface area contributed by atoms with Crippen LogP contribution in [0.1, 0.15) is 24.2 Å². The van der Waals surface area contributed by atoms with Crippen molar-refractivity contribution in [2.24, 2.45) is 0 Å². The second kappa shape index (κ2) is 3.87. The lowest BCUT2D eigenvalue weighted by Crippen LogP contribution is -2.11. The molecule has 0 radical (unpaired) electrons. The molecule has 0 atom stereocenters. The first-order chi connectivity index (χ1) is 8.24. The summed E-state index contributed by atoms with van der Waals surface area (Å²) in [5.41, 5.74) is 8.82. The molecule has 1 aromatic carbocycles. The van der Waals surface area contributed by atoms with Crippen molar-refractivity contribution in [3.63, 3.8) is 0 Å². The Morgan fingerprint density at radius 3 is 2.94 bits per heavy atom. The Kier molecular flexibility index (Phi) is 2.35. The number of rotatable bonds is 1. The molecule has 2 heterocycles. The van der Waals surface area contributed by atoms with Crippen molar-refractivity contribution < 1.29 is 0 Å². The number of nitrogens with two attached hydrogens (primary N) is 1. The Labute approximate surface area is 100 Å². The number of aromatic nitrogens is 3. The first-order valence-electron chi connectivity index (χ1n) is 6.04. The van der Waals surface area contributed by atoms with Gasteiger partial charge in [0.1, 0.15) is 5.82 Å².